The zero-order valence-electron chi connectivity index (χ0n) is 13.4. The molecule has 3 heteroatoms. The first kappa shape index (κ1) is 14.0. The molecular weight excluding hydrogens is 272 g/mol. The van der Waals surface area contributed by atoms with Crippen LogP contribution in [0.25, 0.3) is 5.69 Å². The van der Waals surface area contributed by atoms with Crippen LogP contribution in [0.15, 0.2) is 36.4 Å². The van der Waals surface area contributed by atoms with Gasteiger partial charge in [0, 0.05) is 23.6 Å². The van der Waals surface area contributed by atoms with Crippen LogP contribution in [0.1, 0.15) is 29.8 Å². The highest BCUT2D eigenvalue weighted by atomic mass is 16.3. The van der Waals surface area contributed by atoms with Crippen molar-refractivity contribution in [3.8, 4) is 5.69 Å². The Morgan fingerprint density at radius 1 is 0.955 bits per heavy atom. The number of fused-ring (bicyclic) bond motifs is 3. The second-order valence-electron chi connectivity index (χ2n) is 6.97. The van der Waals surface area contributed by atoms with Crippen LogP contribution < -0.4 is 0 Å². The molecule has 1 N–H and O–H groups in total. The third-order valence-corrected chi connectivity index (χ3v) is 5.62. The smallest absolute Gasteiger partial charge is 0.105 e. The molecule has 0 radical (unpaired) electrons. The van der Waals surface area contributed by atoms with E-state index in [1.165, 1.54) is 17.1 Å². The van der Waals surface area contributed by atoms with Crippen LogP contribution in [0.2, 0.25) is 0 Å². The molecule has 0 amide bonds. The molecular formula is C19H24N2O. The van der Waals surface area contributed by atoms with Crippen molar-refractivity contribution in [3.63, 3.8) is 0 Å². The van der Waals surface area contributed by atoms with Gasteiger partial charge in [0.05, 0.1) is 0 Å². The minimum atomic E-state index is -0.657. The summed E-state index contributed by atoms with van der Waals surface area (Å²) in [6.45, 7) is 7.34. The third-order valence-electron chi connectivity index (χ3n) is 5.62. The molecule has 5 rings (SSSR count). The Bertz CT molecular complexity index is 660. The van der Waals surface area contributed by atoms with E-state index in [0.717, 1.165) is 38.0 Å². The summed E-state index contributed by atoms with van der Waals surface area (Å²) in [6.07, 6.45) is 2.24. The molecule has 2 aromatic rings. The summed E-state index contributed by atoms with van der Waals surface area (Å²) in [7, 11) is 0. The van der Waals surface area contributed by atoms with Gasteiger partial charge in [-0.2, -0.15) is 0 Å². The fourth-order valence-corrected chi connectivity index (χ4v) is 4.34. The normalized spacial score (nSPS) is 30.7. The van der Waals surface area contributed by atoms with E-state index in [4.69, 9.17) is 0 Å². The van der Waals surface area contributed by atoms with Crippen LogP contribution in [-0.4, -0.2) is 34.2 Å². The molecule has 3 aliphatic rings. The molecule has 2 bridgehead atoms. The van der Waals surface area contributed by atoms with Crippen LogP contribution in [0.3, 0.4) is 0 Å². The lowest BCUT2D eigenvalue weighted by Gasteiger charge is -2.50. The van der Waals surface area contributed by atoms with E-state index in [1.54, 1.807) is 0 Å². The van der Waals surface area contributed by atoms with E-state index < -0.39 is 5.60 Å². The molecule has 22 heavy (non-hydrogen) atoms. The van der Waals surface area contributed by atoms with E-state index in [-0.39, 0.29) is 0 Å². The average Bonchev–Trinajstić information content (AvgIpc) is 2.87. The Kier molecular flexibility index (Phi) is 3.17. The molecule has 0 aliphatic carbocycles. The molecule has 1 unspecified atom stereocenters. The van der Waals surface area contributed by atoms with Crippen molar-refractivity contribution >= 4 is 0 Å². The molecule has 1 aromatic carbocycles. The minimum absolute atomic E-state index is 0.415. The van der Waals surface area contributed by atoms with E-state index in [9.17, 15) is 5.11 Å². The summed E-state index contributed by atoms with van der Waals surface area (Å²) in [5.41, 5.74) is 4.08. The average molecular weight is 296 g/mol. The molecule has 3 saturated heterocycles. The lowest BCUT2D eigenvalue weighted by Crippen LogP contribution is -2.57. The predicted octanol–water partition coefficient (Wildman–Crippen LogP) is 3.01. The van der Waals surface area contributed by atoms with Gasteiger partial charge in [-0.1, -0.05) is 12.1 Å². The number of aromatic nitrogens is 1. The van der Waals surface area contributed by atoms with Crippen LogP contribution in [0.5, 0.6) is 0 Å². The number of hydrogen-bond acceptors (Lipinski definition) is 2. The van der Waals surface area contributed by atoms with E-state index >= 15 is 0 Å². The van der Waals surface area contributed by atoms with Crippen molar-refractivity contribution in [1.29, 1.82) is 0 Å². The largest absolute Gasteiger partial charge is 0.384 e. The summed E-state index contributed by atoms with van der Waals surface area (Å²) in [5.74, 6) is 0.415. The number of benzene rings is 1. The van der Waals surface area contributed by atoms with Gasteiger partial charge in [-0.25, -0.2) is 0 Å². The van der Waals surface area contributed by atoms with Crippen LogP contribution in [0.4, 0.5) is 0 Å². The molecule has 0 spiro atoms. The van der Waals surface area contributed by atoms with Crippen molar-refractivity contribution in [2.75, 3.05) is 19.6 Å². The van der Waals surface area contributed by atoms with E-state index in [0.29, 0.717) is 5.92 Å². The first-order chi connectivity index (χ1) is 10.6. The standard InChI is InChI=1S/C19H24N2O/c1-14-3-4-15(2)21(14)18-7-5-16(6-8-18)19(22)13-20-11-9-17(19)10-12-20/h3-8,17,22H,9-13H2,1-2H3. The van der Waals surface area contributed by atoms with Crippen LogP contribution in [-0.2, 0) is 5.60 Å². The van der Waals surface area contributed by atoms with Gasteiger partial charge in [-0.15, -0.1) is 0 Å². The molecule has 1 atom stereocenters. The second kappa shape index (κ2) is 4.97. The number of aryl methyl sites for hydroxylation is 2. The number of nitrogens with zero attached hydrogens (tertiary/aromatic N) is 2. The Labute approximate surface area is 132 Å². The second-order valence-corrected chi connectivity index (χ2v) is 6.97. The Hall–Kier alpha value is -1.58. The first-order valence-electron chi connectivity index (χ1n) is 8.28. The summed E-state index contributed by atoms with van der Waals surface area (Å²) < 4.78 is 2.25. The Morgan fingerprint density at radius 2 is 1.55 bits per heavy atom. The van der Waals surface area contributed by atoms with Gasteiger partial charge in [-0.3, -0.25) is 0 Å². The number of rotatable bonds is 2. The molecule has 3 aliphatic heterocycles. The highest BCUT2D eigenvalue weighted by molar-refractivity contribution is 5.41. The van der Waals surface area contributed by atoms with Crippen molar-refractivity contribution in [1.82, 2.24) is 9.47 Å². The molecule has 0 saturated carbocycles. The van der Waals surface area contributed by atoms with Crippen molar-refractivity contribution in [3.05, 3.63) is 53.3 Å². The lowest BCUT2D eigenvalue weighted by molar-refractivity contribution is -0.117. The SMILES string of the molecule is Cc1ccc(C)n1-c1ccc(C2(O)CN3CCC2CC3)cc1. The van der Waals surface area contributed by atoms with Crippen molar-refractivity contribution in [2.24, 2.45) is 5.92 Å². The summed E-state index contributed by atoms with van der Waals surface area (Å²) in [5, 5.41) is 11.2. The maximum absolute atomic E-state index is 11.2. The van der Waals surface area contributed by atoms with Gasteiger partial charge < -0.3 is 14.6 Å². The van der Waals surface area contributed by atoms with E-state index in [1.807, 2.05) is 0 Å². The molecule has 3 nitrogen and oxygen atoms in total. The van der Waals surface area contributed by atoms with Gasteiger partial charge >= 0.3 is 0 Å². The van der Waals surface area contributed by atoms with E-state index in [2.05, 4.69) is 59.7 Å². The monoisotopic (exact) mass is 296 g/mol. The highest BCUT2D eigenvalue weighted by Crippen LogP contribution is 2.42. The zero-order chi connectivity index (χ0) is 15.3. The highest BCUT2D eigenvalue weighted by Gasteiger charge is 2.46. The summed E-state index contributed by atoms with van der Waals surface area (Å²) in [4.78, 5) is 2.40. The molecule has 116 valence electrons. The van der Waals surface area contributed by atoms with Crippen LogP contribution in [0, 0.1) is 19.8 Å². The minimum Gasteiger partial charge on any atom is -0.384 e. The van der Waals surface area contributed by atoms with Gasteiger partial charge in [0.15, 0.2) is 0 Å². The molecule has 1 aromatic heterocycles. The van der Waals surface area contributed by atoms with Gasteiger partial charge in [-0.05, 0) is 75.5 Å². The van der Waals surface area contributed by atoms with Gasteiger partial charge in [0.1, 0.15) is 5.60 Å². The predicted molar refractivity (Wildman–Crippen MR) is 88.3 cm³/mol. The third kappa shape index (κ3) is 2.03. The summed E-state index contributed by atoms with van der Waals surface area (Å²) >= 11 is 0. The topological polar surface area (TPSA) is 28.4 Å². The number of aliphatic hydroxyl groups is 1. The maximum atomic E-state index is 11.2. The van der Waals surface area contributed by atoms with Gasteiger partial charge in [0.25, 0.3) is 0 Å². The Morgan fingerprint density at radius 3 is 2.05 bits per heavy atom. The summed E-state index contributed by atoms with van der Waals surface area (Å²) in [6, 6.07) is 12.8. The first-order valence-corrected chi connectivity index (χ1v) is 8.28. The fraction of sp³-hybridized carbons (Fsp3) is 0.474. The number of piperidine rings is 3. The number of hydrogen-bond donors (Lipinski definition) is 1. The van der Waals surface area contributed by atoms with Crippen LogP contribution >= 0.6 is 0 Å². The zero-order valence-corrected chi connectivity index (χ0v) is 13.4. The quantitative estimate of drug-likeness (QED) is 0.923. The fourth-order valence-electron chi connectivity index (χ4n) is 4.34. The van der Waals surface area contributed by atoms with Gasteiger partial charge in [0.2, 0.25) is 0 Å². The molecule has 4 heterocycles. The van der Waals surface area contributed by atoms with Crippen molar-refractivity contribution in [2.45, 2.75) is 32.3 Å². The lowest BCUT2D eigenvalue weighted by atomic mass is 9.72. The Balaban J connectivity index is 1.68. The maximum Gasteiger partial charge on any atom is 0.105 e. The molecule has 3 fully saturated rings. The van der Waals surface area contributed by atoms with Crippen molar-refractivity contribution < 1.29 is 5.11 Å².